The number of ether oxygens (including phenoxy) is 2. The molecule has 1 N–H and O–H groups in total. The SMILES string of the molecule is CCC(CCOC)Nc1nccc2c(=O)cc(N3CCOCC3)oc12. The van der Waals surface area contributed by atoms with Crippen molar-refractivity contribution < 1.29 is 13.9 Å². The molecule has 1 unspecified atom stereocenters. The summed E-state index contributed by atoms with van der Waals surface area (Å²) in [5.41, 5.74) is 0.450. The van der Waals surface area contributed by atoms with Crippen molar-refractivity contribution in [1.82, 2.24) is 4.98 Å². The van der Waals surface area contributed by atoms with Gasteiger partial charge in [0.25, 0.3) is 0 Å². The highest BCUT2D eigenvalue weighted by molar-refractivity contribution is 5.86. The summed E-state index contributed by atoms with van der Waals surface area (Å²) in [7, 11) is 1.69. The topological polar surface area (TPSA) is 76.8 Å². The number of methoxy groups -OCH3 is 1. The third-order valence-corrected chi connectivity index (χ3v) is 4.46. The fourth-order valence-electron chi connectivity index (χ4n) is 2.94. The van der Waals surface area contributed by atoms with Crippen LogP contribution in [0, 0.1) is 0 Å². The van der Waals surface area contributed by atoms with Gasteiger partial charge in [-0.25, -0.2) is 4.98 Å². The molecule has 0 aromatic carbocycles. The molecule has 1 atom stereocenters. The van der Waals surface area contributed by atoms with Crippen LogP contribution in [0.1, 0.15) is 19.8 Å². The molecule has 0 saturated carbocycles. The van der Waals surface area contributed by atoms with Gasteiger partial charge in [0.2, 0.25) is 0 Å². The van der Waals surface area contributed by atoms with Gasteiger partial charge in [0.1, 0.15) is 0 Å². The number of morpholine rings is 1. The minimum Gasteiger partial charge on any atom is -0.436 e. The fourth-order valence-corrected chi connectivity index (χ4v) is 2.94. The third-order valence-electron chi connectivity index (χ3n) is 4.46. The first kappa shape index (κ1) is 17.7. The van der Waals surface area contributed by atoms with E-state index < -0.39 is 0 Å². The first-order valence-corrected chi connectivity index (χ1v) is 8.74. The maximum atomic E-state index is 12.5. The van der Waals surface area contributed by atoms with Crippen molar-refractivity contribution in [3.63, 3.8) is 0 Å². The Morgan fingerprint density at radius 1 is 1.40 bits per heavy atom. The van der Waals surface area contributed by atoms with Crippen LogP contribution in [0.3, 0.4) is 0 Å². The number of pyridine rings is 1. The van der Waals surface area contributed by atoms with Crippen molar-refractivity contribution in [3.05, 3.63) is 28.6 Å². The Hall–Kier alpha value is -2.12. The molecular weight excluding hydrogens is 322 g/mol. The summed E-state index contributed by atoms with van der Waals surface area (Å²) >= 11 is 0. The summed E-state index contributed by atoms with van der Waals surface area (Å²) in [6.45, 7) is 5.46. The van der Waals surface area contributed by atoms with Gasteiger partial charge >= 0.3 is 0 Å². The predicted octanol–water partition coefficient (Wildman–Crippen LogP) is 2.25. The molecule has 0 bridgehead atoms. The molecular formula is C18H25N3O4. The van der Waals surface area contributed by atoms with Crippen LogP contribution in [0.25, 0.3) is 11.0 Å². The lowest BCUT2D eigenvalue weighted by Crippen LogP contribution is -2.36. The molecule has 2 aromatic rings. The molecule has 7 nitrogen and oxygen atoms in total. The van der Waals surface area contributed by atoms with Crippen molar-refractivity contribution in [1.29, 1.82) is 0 Å². The Balaban J connectivity index is 1.95. The minimum absolute atomic E-state index is 0.0573. The molecule has 0 aliphatic carbocycles. The van der Waals surface area contributed by atoms with Crippen molar-refractivity contribution >= 4 is 22.7 Å². The maximum absolute atomic E-state index is 12.5. The molecule has 7 heteroatoms. The molecule has 3 rings (SSSR count). The lowest BCUT2D eigenvalue weighted by atomic mass is 10.1. The van der Waals surface area contributed by atoms with E-state index >= 15 is 0 Å². The van der Waals surface area contributed by atoms with Crippen molar-refractivity contribution in [2.24, 2.45) is 0 Å². The van der Waals surface area contributed by atoms with Gasteiger partial charge in [0.15, 0.2) is 22.7 Å². The standard InChI is InChI=1S/C18H25N3O4/c1-3-13(5-9-23-2)20-18-17-14(4-6-19-18)15(22)12-16(25-17)21-7-10-24-11-8-21/h4,6,12-13H,3,5,7-11H2,1-2H3,(H,19,20). The number of rotatable bonds is 7. The van der Waals surface area contributed by atoms with Gasteiger partial charge in [-0.2, -0.15) is 0 Å². The van der Waals surface area contributed by atoms with E-state index in [2.05, 4.69) is 17.2 Å². The minimum atomic E-state index is -0.0573. The number of nitrogens with one attached hydrogen (secondary N) is 1. The number of anilines is 2. The van der Waals surface area contributed by atoms with Crippen LogP contribution in [0.5, 0.6) is 0 Å². The van der Waals surface area contributed by atoms with Gasteiger partial charge in [0.05, 0.1) is 18.6 Å². The Morgan fingerprint density at radius 2 is 2.20 bits per heavy atom. The molecule has 25 heavy (non-hydrogen) atoms. The highest BCUT2D eigenvalue weighted by Crippen LogP contribution is 2.25. The first-order chi connectivity index (χ1) is 12.2. The lowest BCUT2D eigenvalue weighted by molar-refractivity contribution is 0.121. The van der Waals surface area contributed by atoms with Crippen LogP contribution < -0.4 is 15.6 Å². The summed E-state index contributed by atoms with van der Waals surface area (Å²) in [5, 5.41) is 3.93. The zero-order valence-electron chi connectivity index (χ0n) is 14.8. The quantitative estimate of drug-likeness (QED) is 0.823. The van der Waals surface area contributed by atoms with Crippen LogP contribution in [-0.4, -0.2) is 51.0 Å². The Morgan fingerprint density at radius 3 is 2.92 bits per heavy atom. The Kier molecular flexibility index (Phi) is 5.88. The van der Waals surface area contributed by atoms with E-state index in [9.17, 15) is 4.79 Å². The predicted molar refractivity (Wildman–Crippen MR) is 97.5 cm³/mol. The smallest absolute Gasteiger partial charge is 0.200 e. The van der Waals surface area contributed by atoms with Gasteiger partial charge in [-0.15, -0.1) is 0 Å². The van der Waals surface area contributed by atoms with Gasteiger partial charge in [-0.05, 0) is 18.9 Å². The highest BCUT2D eigenvalue weighted by Gasteiger charge is 2.18. The van der Waals surface area contributed by atoms with E-state index in [4.69, 9.17) is 13.9 Å². The summed E-state index contributed by atoms with van der Waals surface area (Å²) in [6, 6.07) is 3.46. The Bertz CT molecular complexity index is 756. The normalized spacial score (nSPS) is 16.2. The summed E-state index contributed by atoms with van der Waals surface area (Å²) in [6.07, 6.45) is 3.42. The van der Waals surface area contributed by atoms with Crippen LogP contribution in [-0.2, 0) is 9.47 Å². The van der Waals surface area contributed by atoms with E-state index in [-0.39, 0.29) is 11.5 Å². The van der Waals surface area contributed by atoms with Crippen molar-refractivity contribution in [2.75, 3.05) is 50.2 Å². The van der Waals surface area contributed by atoms with Gasteiger partial charge in [0, 0.05) is 45.1 Å². The second-order valence-corrected chi connectivity index (χ2v) is 6.12. The maximum Gasteiger partial charge on any atom is 0.200 e. The third kappa shape index (κ3) is 4.11. The number of fused-ring (bicyclic) bond motifs is 1. The number of nitrogens with zero attached hydrogens (tertiary/aromatic N) is 2. The van der Waals surface area contributed by atoms with E-state index in [1.165, 1.54) is 0 Å². The van der Waals surface area contributed by atoms with Crippen molar-refractivity contribution in [3.8, 4) is 0 Å². The second-order valence-electron chi connectivity index (χ2n) is 6.12. The zero-order valence-corrected chi connectivity index (χ0v) is 14.8. The largest absolute Gasteiger partial charge is 0.436 e. The summed E-state index contributed by atoms with van der Waals surface area (Å²) < 4.78 is 16.6. The average Bonchev–Trinajstić information content (AvgIpc) is 2.66. The van der Waals surface area contributed by atoms with E-state index in [0.717, 1.165) is 12.8 Å². The fraction of sp³-hybridized carbons (Fsp3) is 0.556. The molecule has 0 amide bonds. The first-order valence-electron chi connectivity index (χ1n) is 8.74. The number of hydrogen-bond donors (Lipinski definition) is 1. The second kappa shape index (κ2) is 8.31. The van der Waals surface area contributed by atoms with Crippen LogP contribution >= 0.6 is 0 Å². The van der Waals surface area contributed by atoms with Gasteiger partial charge < -0.3 is 24.1 Å². The lowest BCUT2D eigenvalue weighted by Gasteiger charge is -2.27. The summed E-state index contributed by atoms with van der Waals surface area (Å²) in [4.78, 5) is 19.0. The van der Waals surface area contributed by atoms with Crippen LogP contribution in [0.4, 0.5) is 11.7 Å². The molecule has 1 saturated heterocycles. The zero-order chi connectivity index (χ0) is 17.6. The number of hydrogen-bond acceptors (Lipinski definition) is 7. The monoisotopic (exact) mass is 347 g/mol. The van der Waals surface area contributed by atoms with Gasteiger partial charge in [-0.1, -0.05) is 6.92 Å². The molecule has 0 spiro atoms. The Labute approximate surface area is 146 Å². The van der Waals surface area contributed by atoms with E-state index in [1.54, 1.807) is 25.4 Å². The van der Waals surface area contributed by atoms with Crippen LogP contribution in [0.2, 0.25) is 0 Å². The molecule has 1 aliphatic heterocycles. The van der Waals surface area contributed by atoms with E-state index in [1.807, 2.05) is 4.90 Å². The van der Waals surface area contributed by atoms with E-state index in [0.29, 0.717) is 55.6 Å². The molecule has 0 radical (unpaired) electrons. The van der Waals surface area contributed by atoms with Gasteiger partial charge in [-0.3, -0.25) is 4.79 Å². The molecule has 136 valence electrons. The van der Waals surface area contributed by atoms with Crippen molar-refractivity contribution in [2.45, 2.75) is 25.8 Å². The molecule has 3 heterocycles. The molecule has 1 fully saturated rings. The number of aromatic nitrogens is 1. The molecule has 2 aromatic heterocycles. The molecule has 1 aliphatic rings. The average molecular weight is 347 g/mol. The van der Waals surface area contributed by atoms with Crippen LogP contribution in [0.15, 0.2) is 27.5 Å². The summed E-state index contributed by atoms with van der Waals surface area (Å²) in [5.74, 6) is 1.18. The highest BCUT2D eigenvalue weighted by atomic mass is 16.5.